The highest BCUT2D eigenvalue weighted by Crippen LogP contribution is 2.52. The molecule has 10 aromatic rings. The predicted octanol–water partition coefficient (Wildman–Crippen LogP) is 14.1. The Morgan fingerprint density at radius 1 is 0.345 bits per heavy atom. The Labute approximate surface area is 320 Å². The van der Waals surface area contributed by atoms with Crippen molar-refractivity contribution in [3.05, 3.63) is 193 Å². The molecule has 2 nitrogen and oxygen atoms in total. The van der Waals surface area contributed by atoms with Gasteiger partial charge in [0.2, 0.25) is 0 Å². The van der Waals surface area contributed by atoms with E-state index in [0.717, 1.165) is 39.3 Å². The number of fused-ring (bicyclic) bond motifs is 8. The maximum Gasteiger partial charge on any atom is 0.161 e. The van der Waals surface area contributed by atoms with E-state index < -0.39 is 0 Å². The number of hydrogen-bond acceptors (Lipinski definition) is 2. The minimum atomic E-state index is -0.0727. The second-order valence-corrected chi connectivity index (χ2v) is 15.4. The molecule has 0 bridgehead atoms. The van der Waals surface area contributed by atoms with Gasteiger partial charge in [0, 0.05) is 22.1 Å². The fraction of sp³-hybridized carbons (Fsp3) is 0.0566. The summed E-state index contributed by atoms with van der Waals surface area (Å²) in [7, 11) is 0. The molecule has 2 heteroatoms. The monoisotopic (exact) mass is 700 g/mol. The Morgan fingerprint density at radius 3 is 1.75 bits per heavy atom. The molecule has 55 heavy (non-hydrogen) atoms. The maximum atomic E-state index is 5.37. The lowest BCUT2D eigenvalue weighted by atomic mass is 9.81. The van der Waals surface area contributed by atoms with Crippen LogP contribution in [0.15, 0.2) is 182 Å². The molecule has 0 amide bonds. The average molecular weight is 701 g/mol. The van der Waals surface area contributed by atoms with Gasteiger partial charge in [-0.25, -0.2) is 9.97 Å². The van der Waals surface area contributed by atoms with Gasteiger partial charge in [0.05, 0.1) is 11.4 Å². The van der Waals surface area contributed by atoms with E-state index in [4.69, 9.17) is 9.97 Å². The van der Waals surface area contributed by atoms with Crippen LogP contribution in [0.1, 0.15) is 25.0 Å². The van der Waals surface area contributed by atoms with Crippen molar-refractivity contribution in [1.29, 1.82) is 0 Å². The van der Waals surface area contributed by atoms with Crippen molar-refractivity contribution in [2.24, 2.45) is 0 Å². The van der Waals surface area contributed by atoms with Crippen LogP contribution in [0, 0.1) is 0 Å². The SMILES string of the molecule is CC1(C)c2ccc(-c3ccc(-c4cc(-c5ccc6ccccc6c5)nc(-c5cccc6ccccc56)n4)c4ccccc34)cc2-c2c1ccc1ccccc21. The molecule has 0 unspecified atom stereocenters. The molecule has 0 atom stereocenters. The van der Waals surface area contributed by atoms with Gasteiger partial charge in [-0.2, -0.15) is 0 Å². The second-order valence-electron chi connectivity index (χ2n) is 15.4. The Bertz CT molecular complexity index is 3180. The molecule has 9 aromatic carbocycles. The van der Waals surface area contributed by atoms with E-state index in [0.29, 0.717) is 0 Å². The number of hydrogen-bond donors (Lipinski definition) is 0. The van der Waals surface area contributed by atoms with Crippen molar-refractivity contribution in [2.75, 3.05) is 0 Å². The third-order valence-electron chi connectivity index (χ3n) is 11.9. The third kappa shape index (κ3) is 4.95. The molecule has 0 radical (unpaired) electrons. The van der Waals surface area contributed by atoms with Gasteiger partial charge in [-0.3, -0.25) is 0 Å². The van der Waals surface area contributed by atoms with Crippen LogP contribution in [0.5, 0.6) is 0 Å². The Balaban J connectivity index is 1.11. The molecule has 0 aliphatic heterocycles. The zero-order valence-electron chi connectivity index (χ0n) is 30.7. The van der Waals surface area contributed by atoms with E-state index in [2.05, 4.69) is 196 Å². The largest absolute Gasteiger partial charge is 0.228 e. The molecular formula is C53H36N2. The van der Waals surface area contributed by atoms with Gasteiger partial charge in [0.1, 0.15) is 0 Å². The predicted molar refractivity (Wildman–Crippen MR) is 231 cm³/mol. The lowest BCUT2D eigenvalue weighted by molar-refractivity contribution is 0.661. The summed E-state index contributed by atoms with van der Waals surface area (Å²) >= 11 is 0. The Morgan fingerprint density at radius 2 is 0.927 bits per heavy atom. The van der Waals surface area contributed by atoms with Crippen LogP contribution < -0.4 is 0 Å². The summed E-state index contributed by atoms with van der Waals surface area (Å²) in [5.74, 6) is 0.720. The average Bonchev–Trinajstić information content (AvgIpc) is 3.48. The lowest BCUT2D eigenvalue weighted by Gasteiger charge is -2.22. The van der Waals surface area contributed by atoms with Crippen LogP contribution in [0.2, 0.25) is 0 Å². The highest BCUT2D eigenvalue weighted by atomic mass is 14.9. The first kappa shape index (κ1) is 31.6. The summed E-state index contributed by atoms with van der Waals surface area (Å²) in [6.45, 7) is 4.72. The van der Waals surface area contributed by atoms with Crippen molar-refractivity contribution in [3.8, 4) is 56.2 Å². The van der Waals surface area contributed by atoms with Gasteiger partial charge in [-0.1, -0.05) is 178 Å². The van der Waals surface area contributed by atoms with Gasteiger partial charge in [-0.05, 0) is 94.7 Å². The smallest absolute Gasteiger partial charge is 0.161 e. The third-order valence-corrected chi connectivity index (χ3v) is 11.9. The highest BCUT2D eigenvalue weighted by molar-refractivity contribution is 6.07. The van der Waals surface area contributed by atoms with Gasteiger partial charge >= 0.3 is 0 Å². The molecule has 0 saturated heterocycles. The minimum Gasteiger partial charge on any atom is -0.228 e. The van der Waals surface area contributed by atoms with Crippen molar-refractivity contribution in [1.82, 2.24) is 9.97 Å². The van der Waals surface area contributed by atoms with Gasteiger partial charge in [0.15, 0.2) is 5.82 Å². The summed E-state index contributed by atoms with van der Waals surface area (Å²) in [5.41, 5.74) is 12.8. The van der Waals surface area contributed by atoms with Gasteiger partial charge < -0.3 is 0 Å². The quantitative estimate of drug-likeness (QED) is 0.183. The number of nitrogens with zero attached hydrogens (tertiary/aromatic N) is 2. The van der Waals surface area contributed by atoms with Gasteiger partial charge in [-0.15, -0.1) is 0 Å². The zero-order chi connectivity index (χ0) is 36.7. The molecule has 1 aromatic heterocycles. The summed E-state index contributed by atoms with van der Waals surface area (Å²) in [5, 5.41) is 9.67. The van der Waals surface area contributed by atoms with Gasteiger partial charge in [0.25, 0.3) is 0 Å². The first-order valence-electron chi connectivity index (χ1n) is 19.1. The summed E-state index contributed by atoms with van der Waals surface area (Å²) in [6, 6.07) is 66.0. The molecule has 0 saturated carbocycles. The van der Waals surface area contributed by atoms with E-state index in [1.54, 1.807) is 0 Å². The molecule has 1 aliphatic rings. The normalized spacial score (nSPS) is 13.1. The molecule has 0 N–H and O–H groups in total. The molecular weight excluding hydrogens is 665 g/mol. The van der Waals surface area contributed by atoms with Crippen molar-refractivity contribution < 1.29 is 0 Å². The van der Waals surface area contributed by atoms with E-state index in [1.165, 1.54) is 71.1 Å². The molecule has 0 spiro atoms. The van der Waals surface area contributed by atoms with Crippen molar-refractivity contribution >= 4 is 43.1 Å². The molecule has 1 heterocycles. The highest BCUT2D eigenvalue weighted by Gasteiger charge is 2.36. The van der Waals surface area contributed by atoms with Crippen LogP contribution in [-0.2, 0) is 5.41 Å². The molecule has 0 fully saturated rings. The molecule has 1 aliphatic carbocycles. The number of aromatic nitrogens is 2. The minimum absolute atomic E-state index is 0.0727. The first-order chi connectivity index (χ1) is 27.0. The summed E-state index contributed by atoms with van der Waals surface area (Å²) in [4.78, 5) is 10.6. The Hall–Kier alpha value is -6.90. The number of rotatable bonds is 4. The first-order valence-corrected chi connectivity index (χ1v) is 19.1. The molecule has 258 valence electrons. The van der Waals surface area contributed by atoms with Crippen LogP contribution in [0.3, 0.4) is 0 Å². The van der Waals surface area contributed by atoms with Crippen LogP contribution in [0.4, 0.5) is 0 Å². The topological polar surface area (TPSA) is 25.8 Å². The lowest BCUT2D eigenvalue weighted by Crippen LogP contribution is -2.14. The Kier molecular flexibility index (Phi) is 6.93. The van der Waals surface area contributed by atoms with Crippen molar-refractivity contribution in [2.45, 2.75) is 19.3 Å². The van der Waals surface area contributed by atoms with Crippen LogP contribution >= 0.6 is 0 Å². The van der Waals surface area contributed by atoms with Crippen LogP contribution in [-0.4, -0.2) is 9.97 Å². The van der Waals surface area contributed by atoms with Crippen molar-refractivity contribution in [3.63, 3.8) is 0 Å². The van der Waals surface area contributed by atoms with E-state index in [1.807, 2.05) is 0 Å². The second kappa shape index (κ2) is 12.1. The number of benzene rings is 9. The van der Waals surface area contributed by atoms with E-state index in [-0.39, 0.29) is 5.41 Å². The summed E-state index contributed by atoms with van der Waals surface area (Å²) < 4.78 is 0. The van der Waals surface area contributed by atoms with E-state index >= 15 is 0 Å². The maximum absolute atomic E-state index is 5.37. The standard InChI is InChI=1S/C53H36N2/c1-53(2)47-28-25-37(31-46(47)51-41-18-8-6-14-35(41)24-29-48(51)53)40-26-27-44(43-20-10-9-19-42(40)43)50-32-49(38-23-22-33-12-3-4-15-36(33)30-38)54-52(55-50)45-21-11-16-34-13-5-7-17-39(34)45/h3-32H,1-2H3. The molecule has 11 rings (SSSR count). The fourth-order valence-electron chi connectivity index (χ4n) is 9.09. The fourth-order valence-corrected chi connectivity index (χ4v) is 9.09. The summed E-state index contributed by atoms with van der Waals surface area (Å²) in [6.07, 6.45) is 0. The van der Waals surface area contributed by atoms with Crippen LogP contribution in [0.25, 0.3) is 99.2 Å². The van der Waals surface area contributed by atoms with E-state index in [9.17, 15) is 0 Å². The zero-order valence-corrected chi connectivity index (χ0v) is 30.7.